The van der Waals surface area contributed by atoms with Crippen LogP contribution in [-0.4, -0.2) is 96.7 Å². The van der Waals surface area contributed by atoms with Crippen LogP contribution < -0.4 is 0 Å². The van der Waals surface area contributed by atoms with E-state index in [0.29, 0.717) is 25.7 Å². The van der Waals surface area contributed by atoms with E-state index in [0.717, 1.165) is 148 Å². The molecule has 0 saturated heterocycles. The van der Waals surface area contributed by atoms with E-state index in [-0.39, 0.29) is 25.7 Å². The van der Waals surface area contributed by atoms with Gasteiger partial charge in [0.25, 0.3) is 0 Å². The van der Waals surface area contributed by atoms with Gasteiger partial charge in [-0.2, -0.15) is 0 Å². The van der Waals surface area contributed by atoms with E-state index < -0.39 is 97.5 Å². The summed E-state index contributed by atoms with van der Waals surface area (Å²) >= 11 is 0. The van der Waals surface area contributed by atoms with Crippen LogP contribution in [0.2, 0.25) is 0 Å². The third-order valence-corrected chi connectivity index (χ3v) is 19.7. The van der Waals surface area contributed by atoms with Gasteiger partial charge in [0.05, 0.1) is 26.4 Å². The van der Waals surface area contributed by atoms with Crippen molar-refractivity contribution in [1.82, 2.24) is 0 Å². The second-order valence-corrected chi connectivity index (χ2v) is 30.6. The maximum Gasteiger partial charge on any atom is 0.472 e. The van der Waals surface area contributed by atoms with E-state index in [1.165, 1.54) is 161 Å². The smallest absolute Gasteiger partial charge is 0.462 e. The molecule has 0 radical (unpaired) electrons. The minimum absolute atomic E-state index is 0.0869. The molecule has 19 heteroatoms. The van der Waals surface area contributed by atoms with E-state index in [4.69, 9.17) is 37.0 Å². The van der Waals surface area contributed by atoms with E-state index in [1.54, 1.807) is 0 Å². The number of phosphoric acid groups is 2. The fourth-order valence-corrected chi connectivity index (χ4v) is 13.1. The van der Waals surface area contributed by atoms with Crippen LogP contribution in [0.3, 0.4) is 0 Å². The lowest BCUT2D eigenvalue weighted by Crippen LogP contribution is -2.30. The van der Waals surface area contributed by atoms with Crippen molar-refractivity contribution in [3.05, 3.63) is 48.6 Å². The number of unbranched alkanes of at least 4 members (excludes halogenated alkanes) is 44. The van der Waals surface area contributed by atoms with Crippen LogP contribution in [0.25, 0.3) is 0 Å². The molecule has 0 aromatic carbocycles. The van der Waals surface area contributed by atoms with Crippen LogP contribution in [0.1, 0.15) is 387 Å². The molecular formula is C81H150O17P2. The fraction of sp³-hybridized carbons (Fsp3) is 0.852. The van der Waals surface area contributed by atoms with E-state index in [1.807, 2.05) is 0 Å². The summed E-state index contributed by atoms with van der Waals surface area (Å²) in [4.78, 5) is 73.0. The zero-order chi connectivity index (χ0) is 73.2. The molecule has 0 aromatic heterocycles. The lowest BCUT2D eigenvalue weighted by molar-refractivity contribution is -0.161. The molecule has 3 N–H and O–H groups in total. The molecule has 5 atom stereocenters. The third kappa shape index (κ3) is 73.3. The van der Waals surface area contributed by atoms with Gasteiger partial charge in [-0.15, -0.1) is 0 Å². The van der Waals surface area contributed by atoms with Gasteiger partial charge in [-0.1, -0.05) is 301 Å². The number of aliphatic hydroxyl groups excluding tert-OH is 1. The highest BCUT2D eigenvalue weighted by molar-refractivity contribution is 7.47. The molecule has 17 nitrogen and oxygen atoms in total. The van der Waals surface area contributed by atoms with Crippen molar-refractivity contribution >= 4 is 39.5 Å². The van der Waals surface area contributed by atoms with Crippen LogP contribution in [0, 0.1) is 0 Å². The molecule has 0 fully saturated rings. The summed E-state index contributed by atoms with van der Waals surface area (Å²) in [6.07, 6.45) is 72.2. The van der Waals surface area contributed by atoms with Crippen molar-refractivity contribution in [2.24, 2.45) is 0 Å². The van der Waals surface area contributed by atoms with Crippen LogP contribution in [0.15, 0.2) is 48.6 Å². The molecule has 0 aliphatic rings. The van der Waals surface area contributed by atoms with Crippen LogP contribution in [-0.2, 0) is 65.4 Å². The Kier molecular flexibility index (Phi) is 72.1. The third-order valence-electron chi connectivity index (χ3n) is 17.8. The second-order valence-electron chi connectivity index (χ2n) is 27.7. The molecule has 0 aliphatic heterocycles. The Bertz CT molecular complexity index is 2080. The normalized spacial score (nSPS) is 14.1. The average Bonchev–Trinajstić information content (AvgIpc) is 1.01. The van der Waals surface area contributed by atoms with Crippen molar-refractivity contribution in [3.63, 3.8) is 0 Å². The summed E-state index contributed by atoms with van der Waals surface area (Å²) in [5.41, 5.74) is 0. The zero-order valence-corrected chi connectivity index (χ0v) is 65.9. The summed E-state index contributed by atoms with van der Waals surface area (Å²) in [5.74, 6) is -2.17. The standard InChI is InChI=1S/C81H150O17P2/c1-5-9-13-17-21-25-29-33-37-41-45-49-53-57-61-65-78(83)91-71-76(97-80(85)67-63-59-55-51-47-43-39-35-31-27-23-19-15-11-7-3)73-95-99(87,88)93-69-75(82)70-94-100(89,90)96-74-77(98-81(86)68-64-60-56-52-48-44-40-36-32-28-24-20-16-12-8-4)72-92-79(84)66-62-58-54-50-46-42-38-34-30-26-22-18-14-10-6-2/h21,25,33-35,37-39,75-77,82H,5-20,22-24,26-32,36,40-74H2,1-4H3,(H,87,88)(H,89,90)/b25-21-,37-33-,38-34-,39-35-. The molecule has 0 aromatic rings. The summed E-state index contributed by atoms with van der Waals surface area (Å²) in [6, 6.07) is 0. The highest BCUT2D eigenvalue weighted by Crippen LogP contribution is 2.45. The Morgan fingerprint density at radius 1 is 0.280 bits per heavy atom. The predicted octanol–water partition coefficient (Wildman–Crippen LogP) is 23.7. The molecule has 0 rings (SSSR count). The Morgan fingerprint density at radius 2 is 0.490 bits per heavy atom. The number of esters is 4. The number of aliphatic hydroxyl groups is 1. The maximum atomic E-state index is 13.1. The quantitative estimate of drug-likeness (QED) is 0.0169. The first-order valence-corrected chi connectivity index (χ1v) is 43.9. The van der Waals surface area contributed by atoms with E-state index >= 15 is 0 Å². The van der Waals surface area contributed by atoms with Crippen molar-refractivity contribution < 1.29 is 80.2 Å². The summed E-state index contributed by atoms with van der Waals surface area (Å²) < 4.78 is 68.7. The van der Waals surface area contributed by atoms with Gasteiger partial charge in [0, 0.05) is 25.7 Å². The number of phosphoric ester groups is 2. The van der Waals surface area contributed by atoms with Gasteiger partial charge in [-0.3, -0.25) is 37.3 Å². The zero-order valence-electron chi connectivity index (χ0n) is 64.1. The van der Waals surface area contributed by atoms with Crippen molar-refractivity contribution in [3.8, 4) is 0 Å². The van der Waals surface area contributed by atoms with Gasteiger partial charge in [0.1, 0.15) is 19.3 Å². The Balaban J connectivity index is 5.34. The minimum atomic E-state index is -4.97. The van der Waals surface area contributed by atoms with Gasteiger partial charge in [0.2, 0.25) is 0 Å². The van der Waals surface area contributed by atoms with Gasteiger partial charge >= 0.3 is 39.5 Å². The van der Waals surface area contributed by atoms with Crippen molar-refractivity contribution in [2.45, 2.75) is 406 Å². The Morgan fingerprint density at radius 3 is 0.770 bits per heavy atom. The second kappa shape index (κ2) is 74.3. The lowest BCUT2D eigenvalue weighted by Gasteiger charge is -2.21. The molecular weight excluding hydrogens is 1310 g/mol. The topological polar surface area (TPSA) is 237 Å². The highest BCUT2D eigenvalue weighted by Gasteiger charge is 2.30. The summed E-state index contributed by atoms with van der Waals surface area (Å²) in [7, 11) is -9.94. The molecule has 0 aliphatic carbocycles. The largest absolute Gasteiger partial charge is 0.472 e. The number of carbonyl (C=O) groups is 4. The van der Waals surface area contributed by atoms with E-state index in [9.17, 15) is 43.2 Å². The molecule has 0 amide bonds. The lowest BCUT2D eigenvalue weighted by atomic mass is 10.0. The number of ether oxygens (including phenoxy) is 4. The molecule has 0 spiro atoms. The fourth-order valence-electron chi connectivity index (χ4n) is 11.5. The Hall–Kier alpha value is -2.98. The minimum Gasteiger partial charge on any atom is -0.462 e. The highest BCUT2D eigenvalue weighted by atomic mass is 31.2. The van der Waals surface area contributed by atoms with Crippen LogP contribution >= 0.6 is 15.6 Å². The molecule has 586 valence electrons. The first-order valence-electron chi connectivity index (χ1n) is 40.9. The number of carbonyl (C=O) groups excluding carboxylic acids is 4. The van der Waals surface area contributed by atoms with Gasteiger partial charge in [-0.05, 0) is 109 Å². The first-order chi connectivity index (χ1) is 48.7. The SMILES string of the molecule is CCCCC/C=C\C/C=C\CCCCCCCC(=O)OCC(COP(=O)(O)OCC(O)COP(=O)(O)OCC(COC(=O)CCCCCCC/C=C\CCCCCCCC)OC(=O)CCCCCCCCCCCCCCCCC)OC(=O)CCCCCCC/C=C\CCCCCCCC. The van der Waals surface area contributed by atoms with Crippen LogP contribution in [0.4, 0.5) is 0 Å². The number of hydrogen-bond acceptors (Lipinski definition) is 15. The molecule has 0 heterocycles. The first kappa shape index (κ1) is 97.0. The molecule has 5 unspecified atom stereocenters. The van der Waals surface area contributed by atoms with Gasteiger partial charge in [0.15, 0.2) is 12.2 Å². The monoisotopic (exact) mass is 1460 g/mol. The van der Waals surface area contributed by atoms with Gasteiger partial charge < -0.3 is 33.8 Å². The summed E-state index contributed by atoms with van der Waals surface area (Å²) in [6.45, 7) is 4.90. The van der Waals surface area contributed by atoms with Gasteiger partial charge in [-0.25, -0.2) is 9.13 Å². The van der Waals surface area contributed by atoms with Crippen molar-refractivity contribution in [1.29, 1.82) is 0 Å². The molecule has 0 saturated carbocycles. The Labute approximate surface area is 610 Å². The van der Waals surface area contributed by atoms with Crippen molar-refractivity contribution in [2.75, 3.05) is 39.6 Å². The molecule has 100 heavy (non-hydrogen) atoms. The summed E-state index contributed by atoms with van der Waals surface area (Å²) in [5, 5.41) is 10.6. The average molecular weight is 1460 g/mol. The predicted molar refractivity (Wildman–Crippen MR) is 409 cm³/mol. The van der Waals surface area contributed by atoms with Crippen LogP contribution in [0.5, 0.6) is 0 Å². The molecule has 0 bridgehead atoms. The maximum absolute atomic E-state index is 13.1. The number of hydrogen-bond donors (Lipinski definition) is 3. The van der Waals surface area contributed by atoms with E-state index in [2.05, 4.69) is 76.3 Å². The number of allylic oxidation sites excluding steroid dienone is 8. The number of rotatable bonds is 78.